The highest BCUT2D eigenvalue weighted by Crippen LogP contribution is 2.43. The molecule has 1 spiro atoms. The topological polar surface area (TPSA) is 112 Å². The number of rotatable bonds is 6. The quantitative estimate of drug-likeness (QED) is 0.498. The van der Waals surface area contributed by atoms with Crippen LogP contribution in [0.5, 0.6) is 0 Å². The third kappa shape index (κ3) is 4.74. The summed E-state index contributed by atoms with van der Waals surface area (Å²) in [6, 6.07) is 5.38. The third-order valence-corrected chi connectivity index (χ3v) is 8.37. The number of hydrogen-bond donors (Lipinski definition) is 2. The minimum absolute atomic E-state index is 0.194. The smallest absolute Gasteiger partial charge is 0.261 e. The fraction of sp³-hybridized carbons (Fsp3) is 0.500. The number of benzene rings is 1. The van der Waals surface area contributed by atoms with Crippen molar-refractivity contribution in [1.82, 2.24) is 19.5 Å². The standard InChI is InChI=1S/C28H33FN6O4/c1-27(2,38)23(29)16-34-15-18-12-21(32-25(36)20-14-31-35-8-3-7-30-24(20)35)22(13-19(18)26(34)37)33-9-4-28(5-10-33)6-11-39-17-28/h3,7-8,12-14,23,38H,4-6,9-11,15-17H2,1-2H3,(H,32,36). The minimum atomic E-state index is -1.59. The molecule has 0 bridgehead atoms. The van der Waals surface area contributed by atoms with Gasteiger partial charge < -0.3 is 25.0 Å². The Bertz CT molecular complexity index is 1420. The average Bonchev–Trinajstić information content (AvgIpc) is 3.62. The van der Waals surface area contributed by atoms with E-state index in [1.165, 1.54) is 24.9 Å². The lowest BCUT2D eigenvalue weighted by molar-refractivity contribution is -0.0159. The Morgan fingerprint density at radius 2 is 2.08 bits per heavy atom. The number of carbonyl (C=O) groups is 2. The van der Waals surface area contributed by atoms with Gasteiger partial charge in [0.25, 0.3) is 11.8 Å². The molecule has 1 atom stereocenters. The molecule has 0 aliphatic carbocycles. The molecule has 3 aliphatic rings. The second kappa shape index (κ2) is 9.56. The Kier molecular flexibility index (Phi) is 6.30. The van der Waals surface area contributed by atoms with E-state index >= 15 is 0 Å². The van der Waals surface area contributed by atoms with Crippen molar-refractivity contribution in [3.8, 4) is 0 Å². The molecule has 5 heterocycles. The molecule has 2 aromatic heterocycles. The highest BCUT2D eigenvalue weighted by molar-refractivity contribution is 6.10. The molecule has 39 heavy (non-hydrogen) atoms. The van der Waals surface area contributed by atoms with E-state index in [1.807, 2.05) is 12.1 Å². The van der Waals surface area contributed by atoms with Crippen LogP contribution in [0.25, 0.3) is 5.65 Å². The second-order valence-corrected chi connectivity index (χ2v) is 11.5. The van der Waals surface area contributed by atoms with E-state index in [2.05, 4.69) is 20.3 Å². The van der Waals surface area contributed by atoms with Gasteiger partial charge in [-0.15, -0.1) is 0 Å². The van der Waals surface area contributed by atoms with Crippen molar-refractivity contribution in [2.45, 2.75) is 51.4 Å². The summed E-state index contributed by atoms with van der Waals surface area (Å²) < 4.78 is 21.9. The number of carbonyl (C=O) groups excluding carboxylic acids is 2. The first-order valence-corrected chi connectivity index (χ1v) is 13.4. The molecular formula is C28H33FN6O4. The van der Waals surface area contributed by atoms with Gasteiger partial charge in [0.15, 0.2) is 5.65 Å². The maximum Gasteiger partial charge on any atom is 0.261 e. The summed E-state index contributed by atoms with van der Waals surface area (Å²) in [6.45, 7) is 5.88. The highest BCUT2D eigenvalue weighted by Gasteiger charge is 2.40. The van der Waals surface area contributed by atoms with Crippen LogP contribution in [-0.2, 0) is 11.3 Å². The molecule has 1 aromatic carbocycles. The van der Waals surface area contributed by atoms with Gasteiger partial charge in [-0.2, -0.15) is 5.10 Å². The van der Waals surface area contributed by atoms with E-state index in [9.17, 15) is 19.1 Å². The molecule has 3 aromatic rings. The number of alkyl halides is 1. The first-order chi connectivity index (χ1) is 18.6. The summed E-state index contributed by atoms with van der Waals surface area (Å²) in [6.07, 6.45) is 6.20. The van der Waals surface area contributed by atoms with E-state index < -0.39 is 11.8 Å². The van der Waals surface area contributed by atoms with E-state index in [0.29, 0.717) is 28.0 Å². The van der Waals surface area contributed by atoms with Gasteiger partial charge in [0.05, 0.1) is 36.3 Å². The van der Waals surface area contributed by atoms with Gasteiger partial charge in [-0.25, -0.2) is 13.9 Å². The summed E-state index contributed by atoms with van der Waals surface area (Å²) in [5.41, 5.74) is 1.96. The molecule has 0 radical (unpaired) electrons. The Hall–Kier alpha value is -3.57. The van der Waals surface area contributed by atoms with Crippen molar-refractivity contribution >= 4 is 28.8 Å². The number of aliphatic hydroxyl groups is 1. The van der Waals surface area contributed by atoms with Crippen LogP contribution in [0.4, 0.5) is 15.8 Å². The molecule has 1 unspecified atom stereocenters. The monoisotopic (exact) mass is 536 g/mol. The number of piperidine rings is 1. The normalized spacial score (nSPS) is 19.6. The Morgan fingerprint density at radius 1 is 1.28 bits per heavy atom. The van der Waals surface area contributed by atoms with Crippen molar-refractivity contribution < 1.29 is 23.8 Å². The molecule has 2 fully saturated rings. The van der Waals surface area contributed by atoms with Gasteiger partial charge in [-0.3, -0.25) is 9.59 Å². The summed E-state index contributed by atoms with van der Waals surface area (Å²) in [5, 5.41) is 17.3. The largest absolute Gasteiger partial charge is 0.387 e. The van der Waals surface area contributed by atoms with Crippen molar-refractivity contribution in [3.63, 3.8) is 0 Å². The molecule has 2 N–H and O–H groups in total. The maximum atomic E-state index is 14.7. The van der Waals surface area contributed by atoms with Gasteiger partial charge in [0.2, 0.25) is 0 Å². The lowest BCUT2D eigenvalue weighted by Gasteiger charge is -2.40. The number of fused-ring (bicyclic) bond motifs is 2. The number of ether oxygens (including phenoxy) is 1. The fourth-order valence-corrected chi connectivity index (χ4v) is 5.78. The van der Waals surface area contributed by atoms with Gasteiger partial charge in [-0.1, -0.05) is 0 Å². The molecule has 11 heteroatoms. The van der Waals surface area contributed by atoms with Crippen LogP contribution in [0, 0.1) is 5.41 Å². The molecule has 206 valence electrons. The molecule has 6 rings (SSSR count). The maximum absolute atomic E-state index is 14.7. The van der Waals surface area contributed by atoms with E-state index in [4.69, 9.17) is 4.74 Å². The first-order valence-electron chi connectivity index (χ1n) is 13.4. The fourth-order valence-electron chi connectivity index (χ4n) is 5.78. The number of nitrogens with zero attached hydrogens (tertiary/aromatic N) is 5. The molecule has 10 nitrogen and oxygen atoms in total. The summed E-state index contributed by atoms with van der Waals surface area (Å²) in [5.74, 6) is -0.630. The lowest BCUT2D eigenvalue weighted by Crippen LogP contribution is -2.42. The number of hydrogen-bond acceptors (Lipinski definition) is 7. The van der Waals surface area contributed by atoms with E-state index in [0.717, 1.165) is 51.3 Å². The van der Waals surface area contributed by atoms with Crippen LogP contribution in [0.3, 0.4) is 0 Å². The minimum Gasteiger partial charge on any atom is -0.387 e. The van der Waals surface area contributed by atoms with Crippen molar-refractivity contribution in [3.05, 3.63) is 53.5 Å². The van der Waals surface area contributed by atoms with Crippen LogP contribution in [0.2, 0.25) is 0 Å². The third-order valence-electron chi connectivity index (χ3n) is 8.37. The summed E-state index contributed by atoms with van der Waals surface area (Å²) >= 11 is 0. The highest BCUT2D eigenvalue weighted by atomic mass is 19.1. The van der Waals surface area contributed by atoms with Crippen LogP contribution in [0.15, 0.2) is 36.8 Å². The first kappa shape index (κ1) is 25.7. The Balaban J connectivity index is 1.31. The average molecular weight is 537 g/mol. The van der Waals surface area contributed by atoms with Crippen molar-refractivity contribution in [1.29, 1.82) is 0 Å². The zero-order chi connectivity index (χ0) is 27.4. The van der Waals surface area contributed by atoms with Crippen LogP contribution < -0.4 is 10.2 Å². The van der Waals surface area contributed by atoms with Crippen LogP contribution in [0.1, 0.15) is 59.4 Å². The number of amides is 2. The molecule has 2 saturated heterocycles. The number of anilines is 2. The predicted molar refractivity (Wildman–Crippen MR) is 143 cm³/mol. The van der Waals surface area contributed by atoms with E-state index in [1.54, 1.807) is 23.0 Å². The van der Waals surface area contributed by atoms with E-state index in [-0.39, 0.29) is 30.3 Å². The van der Waals surface area contributed by atoms with Crippen molar-refractivity contribution in [2.24, 2.45) is 5.41 Å². The van der Waals surface area contributed by atoms with Crippen LogP contribution >= 0.6 is 0 Å². The lowest BCUT2D eigenvalue weighted by atomic mass is 9.78. The van der Waals surface area contributed by atoms with Crippen molar-refractivity contribution in [2.75, 3.05) is 43.1 Å². The summed E-state index contributed by atoms with van der Waals surface area (Å²) in [4.78, 5) is 34.6. The zero-order valence-electron chi connectivity index (χ0n) is 22.2. The number of halogens is 1. The Morgan fingerprint density at radius 3 is 2.79 bits per heavy atom. The van der Waals surface area contributed by atoms with Gasteiger partial charge >= 0.3 is 0 Å². The van der Waals surface area contributed by atoms with Crippen LogP contribution in [-0.4, -0.2) is 81.0 Å². The second-order valence-electron chi connectivity index (χ2n) is 11.5. The zero-order valence-corrected chi connectivity index (χ0v) is 22.2. The Labute approximate surface area is 225 Å². The summed E-state index contributed by atoms with van der Waals surface area (Å²) in [7, 11) is 0. The number of aromatic nitrogens is 3. The molecule has 0 saturated carbocycles. The van der Waals surface area contributed by atoms with Gasteiger partial charge in [-0.05, 0) is 62.3 Å². The predicted octanol–water partition coefficient (Wildman–Crippen LogP) is 3.05. The number of nitrogens with one attached hydrogen (secondary N) is 1. The molecule has 3 aliphatic heterocycles. The molecule has 2 amide bonds. The SMILES string of the molecule is CC(C)(O)C(F)CN1Cc2cc(NC(=O)c3cnn4cccnc34)c(N3CCC4(CCOC4)CC3)cc2C1=O. The van der Waals surface area contributed by atoms with Gasteiger partial charge in [0.1, 0.15) is 11.7 Å². The van der Waals surface area contributed by atoms with Gasteiger partial charge in [0, 0.05) is 44.2 Å². The molecular weight excluding hydrogens is 503 g/mol.